The largest absolute Gasteiger partial charge is 0.462 e. The highest BCUT2D eigenvalue weighted by molar-refractivity contribution is 5.00. The summed E-state index contributed by atoms with van der Waals surface area (Å²) in [4.78, 5) is 2.17. The van der Waals surface area contributed by atoms with E-state index in [-0.39, 0.29) is 6.04 Å². The van der Waals surface area contributed by atoms with Crippen LogP contribution in [0.25, 0.3) is 0 Å². The Morgan fingerprint density at radius 2 is 1.90 bits per heavy atom. The van der Waals surface area contributed by atoms with Gasteiger partial charge in [-0.3, -0.25) is 4.90 Å². The molecule has 0 rings (SSSR count). The zero-order valence-corrected chi connectivity index (χ0v) is 6.89. The highest BCUT2D eigenvalue weighted by Gasteiger charge is 2.04. The summed E-state index contributed by atoms with van der Waals surface area (Å²) >= 11 is 0. The molecule has 10 heavy (non-hydrogen) atoms. The molecule has 1 atom stereocenters. The maximum absolute atomic E-state index is 8.29. The highest BCUT2D eigenvalue weighted by Crippen LogP contribution is 1.94. The average molecular weight is 141 g/mol. The van der Waals surface area contributed by atoms with Crippen molar-refractivity contribution in [3.63, 3.8) is 0 Å². The van der Waals surface area contributed by atoms with Crippen LogP contribution in [0.5, 0.6) is 0 Å². The molecule has 0 saturated heterocycles. The second-order valence-corrected chi connectivity index (χ2v) is 2.15. The second kappa shape index (κ2) is 5.13. The van der Waals surface area contributed by atoms with Gasteiger partial charge in [0.05, 0.1) is 6.04 Å². The topological polar surface area (TPSA) is 23.5 Å². The van der Waals surface area contributed by atoms with E-state index in [4.69, 9.17) is 5.11 Å². The highest BCUT2D eigenvalue weighted by atomic mass is 16.2. The van der Waals surface area contributed by atoms with Crippen molar-refractivity contribution in [2.24, 2.45) is 0 Å². The van der Waals surface area contributed by atoms with Gasteiger partial charge in [-0.25, -0.2) is 0 Å². The van der Waals surface area contributed by atoms with Crippen molar-refractivity contribution in [2.45, 2.75) is 26.8 Å². The summed E-state index contributed by atoms with van der Waals surface area (Å²) in [6.07, 6.45) is 1.92. The lowest BCUT2D eigenvalue weighted by Gasteiger charge is -2.20. The summed E-state index contributed by atoms with van der Waals surface area (Å²) in [5.74, 6) is 2.68. The Bertz CT molecular complexity index is 130. The number of hydrogen-bond acceptors (Lipinski definition) is 2. The van der Waals surface area contributed by atoms with E-state index in [2.05, 4.69) is 24.7 Å². The molecule has 0 bridgehead atoms. The van der Waals surface area contributed by atoms with Crippen LogP contribution in [0.3, 0.4) is 0 Å². The first-order valence-electron chi connectivity index (χ1n) is 3.64. The molecule has 0 aliphatic carbocycles. The van der Waals surface area contributed by atoms with E-state index in [9.17, 15) is 0 Å². The smallest absolute Gasteiger partial charge is 0.109 e. The van der Waals surface area contributed by atoms with Crippen LogP contribution in [0, 0.1) is 12.0 Å². The van der Waals surface area contributed by atoms with E-state index in [0.29, 0.717) is 0 Å². The van der Waals surface area contributed by atoms with Crippen molar-refractivity contribution < 1.29 is 5.11 Å². The lowest BCUT2D eigenvalue weighted by Crippen LogP contribution is -2.31. The zero-order chi connectivity index (χ0) is 7.98. The number of aliphatic hydroxyl groups excluding tert-OH is 1. The van der Waals surface area contributed by atoms with E-state index in [0.717, 1.165) is 13.1 Å². The molecule has 2 heteroatoms. The van der Waals surface area contributed by atoms with Gasteiger partial charge in [-0.2, -0.15) is 0 Å². The number of rotatable bonds is 3. The molecular weight excluding hydrogens is 126 g/mol. The minimum atomic E-state index is 0.167. The number of nitrogens with zero attached hydrogens (tertiary/aromatic N) is 1. The van der Waals surface area contributed by atoms with Crippen LogP contribution in [-0.2, 0) is 0 Å². The maximum Gasteiger partial charge on any atom is 0.109 e. The van der Waals surface area contributed by atoms with Crippen LogP contribution in [0.2, 0.25) is 0 Å². The molecule has 0 aromatic carbocycles. The first-order chi connectivity index (χ1) is 4.76. The van der Waals surface area contributed by atoms with Crippen molar-refractivity contribution in [3.05, 3.63) is 0 Å². The van der Waals surface area contributed by atoms with Crippen LogP contribution >= 0.6 is 0 Å². The van der Waals surface area contributed by atoms with Crippen molar-refractivity contribution in [2.75, 3.05) is 13.1 Å². The molecule has 0 amide bonds. The minimum absolute atomic E-state index is 0.167. The fraction of sp³-hybridized carbons (Fsp3) is 0.750. The molecule has 0 fully saturated rings. The zero-order valence-electron chi connectivity index (χ0n) is 6.89. The van der Waals surface area contributed by atoms with Crippen molar-refractivity contribution in [3.8, 4) is 12.0 Å². The standard InChI is InChI=1S/C8H15NO/c1-4-9(5-2)8(3)6-7-10/h8,10H,4-5H2,1-3H3. The Morgan fingerprint density at radius 3 is 2.20 bits per heavy atom. The van der Waals surface area contributed by atoms with Crippen molar-refractivity contribution in [1.82, 2.24) is 4.90 Å². The Kier molecular flexibility index (Phi) is 4.78. The Hall–Kier alpha value is -0.680. The fourth-order valence-corrected chi connectivity index (χ4v) is 0.956. The van der Waals surface area contributed by atoms with E-state index in [1.807, 2.05) is 13.0 Å². The predicted molar refractivity (Wildman–Crippen MR) is 42.1 cm³/mol. The third-order valence-corrected chi connectivity index (χ3v) is 1.63. The van der Waals surface area contributed by atoms with Crippen molar-refractivity contribution >= 4 is 0 Å². The minimum Gasteiger partial charge on any atom is -0.462 e. The SMILES string of the molecule is CCN(CC)C(C)C#CO. The summed E-state index contributed by atoms with van der Waals surface area (Å²) in [6, 6.07) is 0.167. The average Bonchev–Trinajstić information content (AvgIpc) is 1.91. The van der Waals surface area contributed by atoms with Crippen LogP contribution in [0.4, 0.5) is 0 Å². The molecule has 0 aromatic rings. The molecule has 0 aliphatic heterocycles. The molecule has 0 aromatic heterocycles. The molecule has 0 aliphatic rings. The van der Waals surface area contributed by atoms with Crippen LogP contribution in [0.1, 0.15) is 20.8 Å². The Labute approximate surface area is 62.8 Å². The summed E-state index contributed by atoms with van der Waals surface area (Å²) in [5, 5.41) is 8.29. The quantitative estimate of drug-likeness (QED) is 0.594. The molecule has 58 valence electrons. The second-order valence-electron chi connectivity index (χ2n) is 2.15. The van der Waals surface area contributed by atoms with E-state index >= 15 is 0 Å². The summed E-state index contributed by atoms with van der Waals surface area (Å²) in [6.45, 7) is 8.10. The van der Waals surface area contributed by atoms with Crippen LogP contribution in [-0.4, -0.2) is 29.1 Å². The van der Waals surface area contributed by atoms with Crippen molar-refractivity contribution in [1.29, 1.82) is 0 Å². The molecular formula is C8H15NO. The summed E-state index contributed by atoms with van der Waals surface area (Å²) < 4.78 is 0. The van der Waals surface area contributed by atoms with E-state index < -0.39 is 0 Å². The van der Waals surface area contributed by atoms with Crippen LogP contribution < -0.4 is 0 Å². The van der Waals surface area contributed by atoms with Gasteiger partial charge in [-0.1, -0.05) is 13.8 Å². The monoisotopic (exact) mass is 141 g/mol. The lowest BCUT2D eigenvalue weighted by molar-refractivity contribution is 0.274. The first-order valence-corrected chi connectivity index (χ1v) is 3.64. The number of aliphatic hydroxyl groups is 1. The number of hydrogen-bond donors (Lipinski definition) is 1. The van der Waals surface area contributed by atoms with E-state index in [1.165, 1.54) is 0 Å². The third kappa shape index (κ3) is 2.75. The first kappa shape index (κ1) is 9.32. The van der Waals surface area contributed by atoms with Gasteiger partial charge >= 0.3 is 0 Å². The van der Waals surface area contributed by atoms with Crippen LogP contribution in [0.15, 0.2) is 0 Å². The van der Waals surface area contributed by atoms with Gasteiger partial charge < -0.3 is 5.11 Å². The molecule has 0 spiro atoms. The fourth-order valence-electron chi connectivity index (χ4n) is 0.956. The maximum atomic E-state index is 8.29. The van der Waals surface area contributed by atoms with Gasteiger partial charge in [0.1, 0.15) is 6.11 Å². The van der Waals surface area contributed by atoms with Gasteiger partial charge in [0.15, 0.2) is 0 Å². The Balaban J connectivity index is 3.83. The lowest BCUT2D eigenvalue weighted by atomic mass is 10.3. The molecule has 1 unspecified atom stereocenters. The molecule has 0 radical (unpaired) electrons. The normalized spacial score (nSPS) is 12.4. The van der Waals surface area contributed by atoms with E-state index in [1.54, 1.807) is 0 Å². The molecule has 0 heterocycles. The molecule has 0 saturated carbocycles. The summed E-state index contributed by atoms with van der Waals surface area (Å²) in [5.41, 5.74) is 0. The van der Waals surface area contributed by atoms with Gasteiger partial charge in [0, 0.05) is 0 Å². The van der Waals surface area contributed by atoms with Gasteiger partial charge in [-0.15, -0.1) is 0 Å². The predicted octanol–water partition coefficient (Wildman–Crippen LogP) is 1.05. The van der Waals surface area contributed by atoms with Gasteiger partial charge in [-0.05, 0) is 25.9 Å². The molecule has 2 nitrogen and oxygen atoms in total. The third-order valence-electron chi connectivity index (χ3n) is 1.63. The summed E-state index contributed by atoms with van der Waals surface area (Å²) in [7, 11) is 0. The van der Waals surface area contributed by atoms with Gasteiger partial charge in [0.25, 0.3) is 0 Å². The Morgan fingerprint density at radius 1 is 1.40 bits per heavy atom. The molecule has 1 N–H and O–H groups in total. The van der Waals surface area contributed by atoms with Gasteiger partial charge in [0.2, 0.25) is 0 Å².